The van der Waals surface area contributed by atoms with Crippen LogP contribution in [0.3, 0.4) is 0 Å². The van der Waals surface area contributed by atoms with E-state index in [1.165, 1.54) is 0 Å². The number of hydrogen-bond donors (Lipinski definition) is 1. The zero-order chi connectivity index (χ0) is 10.3. The molecule has 0 aliphatic heterocycles. The van der Waals surface area contributed by atoms with E-state index in [1.54, 1.807) is 6.92 Å². The van der Waals surface area contributed by atoms with E-state index < -0.39 is 11.6 Å². The van der Waals surface area contributed by atoms with Gasteiger partial charge < -0.3 is 10.3 Å². The predicted molar refractivity (Wildman–Crippen MR) is 48.5 cm³/mol. The summed E-state index contributed by atoms with van der Waals surface area (Å²) in [6.07, 6.45) is 0.203. The molecular weight excluding hydrogens is 185 g/mol. The van der Waals surface area contributed by atoms with Gasteiger partial charge in [0.15, 0.2) is 5.82 Å². The van der Waals surface area contributed by atoms with Crippen molar-refractivity contribution in [3.05, 3.63) is 11.7 Å². The first-order valence-corrected chi connectivity index (χ1v) is 4.75. The van der Waals surface area contributed by atoms with E-state index >= 15 is 0 Å². The number of alkyl halides is 1. The van der Waals surface area contributed by atoms with Crippen LogP contribution in [0.1, 0.15) is 32.0 Å². The molecule has 1 aliphatic rings. The van der Waals surface area contributed by atoms with Crippen LogP contribution in [0.2, 0.25) is 0 Å². The van der Waals surface area contributed by atoms with Gasteiger partial charge >= 0.3 is 0 Å². The van der Waals surface area contributed by atoms with Crippen LogP contribution < -0.4 is 5.73 Å². The number of hydrogen-bond acceptors (Lipinski definition) is 4. The van der Waals surface area contributed by atoms with Gasteiger partial charge in [-0.1, -0.05) is 5.16 Å². The maximum absolute atomic E-state index is 13.0. The number of halogens is 1. The van der Waals surface area contributed by atoms with Gasteiger partial charge in [-0.05, 0) is 20.3 Å². The largest absolute Gasteiger partial charge is 0.339 e. The summed E-state index contributed by atoms with van der Waals surface area (Å²) in [7, 11) is 0. The smallest absolute Gasteiger partial charge is 0.235 e. The van der Waals surface area contributed by atoms with Gasteiger partial charge in [-0.15, -0.1) is 0 Å². The summed E-state index contributed by atoms with van der Waals surface area (Å²) in [5.74, 6) is 0.968. The Bertz CT molecular complexity index is 339. The first-order chi connectivity index (χ1) is 6.52. The lowest BCUT2D eigenvalue weighted by Crippen LogP contribution is -2.18. The van der Waals surface area contributed by atoms with Crippen LogP contribution >= 0.6 is 0 Å². The lowest BCUT2D eigenvalue weighted by Gasteiger charge is -1.99. The molecule has 78 valence electrons. The molecule has 0 radical (unpaired) electrons. The molecule has 3 atom stereocenters. The van der Waals surface area contributed by atoms with Gasteiger partial charge in [-0.3, -0.25) is 0 Å². The second-order valence-corrected chi connectivity index (χ2v) is 4.29. The van der Waals surface area contributed by atoms with Gasteiger partial charge in [-0.2, -0.15) is 4.98 Å². The lowest BCUT2D eigenvalue weighted by molar-refractivity contribution is 0.321. The Balaban J connectivity index is 2.11. The van der Waals surface area contributed by atoms with Crippen LogP contribution in [0.5, 0.6) is 0 Å². The van der Waals surface area contributed by atoms with Crippen molar-refractivity contribution in [1.29, 1.82) is 0 Å². The molecule has 0 saturated heterocycles. The van der Waals surface area contributed by atoms with E-state index in [9.17, 15) is 4.39 Å². The van der Waals surface area contributed by atoms with Crippen molar-refractivity contribution >= 4 is 0 Å². The van der Waals surface area contributed by atoms with Gasteiger partial charge in [0.1, 0.15) is 6.17 Å². The first-order valence-electron chi connectivity index (χ1n) is 4.75. The number of nitrogens with zero attached hydrogens (tertiary/aromatic N) is 2. The van der Waals surface area contributed by atoms with E-state index in [-0.39, 0.29) is 6.04 Å². The van der Waals surface area contributed by atoms with Gasteiger partial charge in [0.25, 0.3) is 0 Å². The molecule has 0 amide bonds. The molecule has 14 heavy (non-hydrogen) atoms. The van der Waals surface area contributed by atoms with Crippen LogP contribution in [0.25, 0.3) is 0 Å². The first kappa shape index (κ1) is 9.58. The zero-order valence-corrected chi connectivity index (χ0v) is 8.33. The molecule has 4 nitrogen and oxygen atoms in total. The quantitative estimate of drug-likeness (QED) is 0.787. The minimum Gasteiger partial charge on any atom is -0.339 e. The van der Waals surface area contributed by atoms with Crippen molar-refractivity contribution in [2.45, 2.75) is 44.3 Å². The average Bonchev–Trinajstić information content (AvgIpc) is 2.54. The van der Waals surface area contributed by atoms with Crippen molar-refractivity contribution in [2.75, 3.05) is 0 Å². The molecule has 3 unspecified atom stereocenters. The van der Waals surface area contributed by atoms with Crippen LogP contribution in [-0.2, 0) is 11.8 Å². The van der Waals surface area contributed by atoms with E-state index in [4.69, 9.17) is 10.3 Å². The molecular formula is C9H14FN3O. The summed E-state index contributed by atoms with van der Waals surface area (Å²) in [6.45, 7) is 3.66. The summed E-state index contributed by atoms with van der Waals surface area (Å²) in [5.41, 5.74) is 5.05. The highest BCUT2D eigenvalue weighted by Crippen LogP contribution is 2.49. The molecule has 1 fully saturated rings. The van der Waals surface area contributed by atoms with Crippen LogP contribution in [0.4, 0.5) is 4.39 Å². The number of rotatable bonds is 3. The van der Waals surface area contributed by atoms with Gasteiger partial charge in [0.05, 0.1) is 5.41 Å². The molecule has 2 N–H and O–H groups in total. The van der Waals surface area contributed by atoms with Crippen LogP contribution in [-0.4, -0.2) is 22.4 Å². The van der Waals surface area contributed by atoms with Gasteiger partial charge in [0.2, 0.25) is 5.89 Å². The van der Waals surface area contributed by atoms with Crippen molar-refractivity contribution in [3.8, 4) is 0 Å². The Labute approximate surface area is 81.7 Å². The topological polar surface area (TPSA) is 64.9 Å². The Morgan fingerprint density at radius 1 is 1.79 bits per heavy atom. The molecule has 1 saturated carbocycles. The normalized spacial score (nSPS) is 33.0. The molecule has 0 bridgehead atoms. The maximum atomic E-state index is 13.0. The van der Waals surface area contributed by atoms with E-state index in [0.29, 0.717) is 24.6 Å². The fourth-order valence-corrected chi connectivity index (χ4v) is 1.39. The van der Waals surface area contributed by atoms with E-state index in [1.807, 2.05) is 6.92 Å². The fourth-order valence-electron chi connectivity index (χ4n) is 1.39. The summed E-state index contributed by atoms with van der Waals surface area (Å²) in [6, 6.07) is -0.00590. The summed E-state index contributed by atoms with van der Waals surface area (Å²) >= 11 is 0. The molecule has 1 aliphatic carbocycles. The highest BCUT2D eigenvalue weighted by atomic mass is 19.1. The van der Waals surface area contributed by atoms with Crippen LogP contribution in [0.15, 0.2) is 4.52 Å². The maximum Gasteiger partial charge on any atom is 0.235 e. The Morgan fingerprint density at radius 3 is 2.93 bits per heavy atom. The minimum atomic E-state index is -0.842. The molecule has 1 aromatic rings. The molecule has 1 aromatic heterocycles. The van der Waals surface area contributed by atoms with Crippen molar-refractivity contribution in [3.63, 3.8) is 0 Å². The SMILES string of the molecule is CC(N)Cc1noc(C2(C)CC2F)n1. The van der Waals surface area contributed by atoms with E-state index in [0.717, 1.165) is 0 Å². The third kappa shape index (κ3) is 1.52. The van der Waals surface area contributed by atoms with Gasteiger partial charge in [-0.25, -0.2) is 4.39 Å². The fraction of sp³-hybridized carbons (Fsp3) is 0.778. The average molecular weight is 199 g/mol. The second-order valence-electron chi connectivity index (χ2n) is 4.29. The highest BCUT2D eigenvalue weighted by Gasteiger charge is 2.56. The predicted octanol–water partition coefficient (Wildman–Crippen LogP) is 0.959. The molecule has 2 rings (SSSR count). The summed E-state index contributed by atoms with van der Waals surface area (Å²) in [4.78, 5) is 4.14. The zero-order valence-electron chi connectivity index (χ0n) is 8.33. The Morgan fingerprint density at radius 2 is 2.43 bits per heavy atom. The highest BCUT2D eigenvalue weighted by molar-refractivity contribution is 5.19. The second kappa shape index (κ2) is 3.02. The molecule has 0 aromatic carbocycles. The standard InChI is InChI=1S/C9H14FN3O/c1-5(11)3-7-12-8(14-13-7)9(2)4-6(9)10/h5-6H,3-4,11H2,1-2H3. The third-order valence-corrected chi connectivity index (χ3v) is 2.60. The number of nitrogens with two attached hydrogens (primary N) is 1. The third-order valence-electron chi connectivity index (χ3n) is 2.60. The molecule has 5 heteroatoms. The summed E-state index contributed by atoms with van der Waals surface area (Å²) in [5, 5.41) is 3.76. The molecule has 0 spiro atoms. The van der Waals surface area contributed by atoms with Crippen molar-refractivity contribution in [2.24, 2.45) is 5.73 Å². The molecule has 1 heterocycles. The van der Waals surface area contributed by atoms with E-state index in [2.05, 4.69) is 10.1 Å². The van der Waals surface area contributed by atoms with Crippen LogP contribution in [0, 0.1) is 0 Å². The Kier molecular flexibility index (Phi) is 2.06. The van der Waals surface area contributed by atoms with Crippen molar-refractivity contribution in [1.82, 2.24) is 10.1 Å². The monoisotopic (exact) mass is 199 g/mol. The number of aromatic nitrogens is 2. The Hall–Kier alpha value is -0.970. The van der Waals surface area contributed by atoms with Crippen molar-refractivity contribution < 1.29 is 8.91 Å². The summed E-state index contributed by atoms with van der Waals surface area (Å²) < 4.78 is 18.0. The lowest BCUT2D eigenvalue weighted by atomic mass is 10.1. The minimum absolute atomic E-state index is 0.00590. The van der Waals surface area contributed by atoms with Gasteiger partial charge in [0, 0.05) is 12.5 Å².